The van der Waals surface area contributed by atoms with Gasteiger partial charge in [0.15, 0.2) is 0 Å². The molecule has 0 aliphatic heterocycles. The van der Waals surface area contributed by atoms with E-state index >= 15 is 0 Å². The fourth-order valence-corrected chi connectivity index (χ4v) is 12.4. The molecule has 0 atom stereocenters. The SMILES string of the molecule is c1ccc(-c2c3c(cc4c2c2cccc(N(c5ccccc5)c5cccc6c5-c5ccccc5C65c6ccccc6-c6ccccc65)c2n4-c2cccc4ccccc24)oc2ccccc23)cc1. The lowest BCUT2D eigenvalue weighted by Gasteiger charge is -2.32. The highest BCUT2D eigenvalue weighted by Gasteiger charge is 2.52. The Labute approximate surface area is 393 Å². The topological polar surface area (TPSA) is 21.3 Å². The molecule has 0 N–H and O–H groups in total. The van der Waals surface area contributed by atoms with Crippen LogP contribution in [0.15, 0.2) is 247 Å². The number of benzene rings is 11. The van der Waals surface area contributed by atoms with E-state index in [-0.39, 0.29) is 0 Å². The first-order valence-corrected chi connectivity index (χ1v) is 23.5. The van der Waals surface area contributed by atoms with Crippen LogP contribution in [0.25, 0.3) is 93.6 Å². The largest absolute Gasteiger partial charge is 0.456 e. The van der Waals surface area contributed by atoms with E-state index in [4.69, 9.17) is 4.42 Å². The van der Waals surface area contributed by atoms with E-state index in [0.29, 0.717) is 0 Å². The number of hydrogen-bond acceptors (Lipinski definition) is 2. The molecule has 2 aromatic heterocycles. The second kappa shape index (κ2) is 14.0. The van der Waals surface area contributed by atoms with Crippen molar-refractivity contribution in [1.82, 2.24) is 4.57 Å². The standard InChI is InChI=1S/C65H40N2O/c1-3-21-42(22-4-1)60-62-49-31-18-38-56(64(49)67(54-36-17-23-41-20-7-8-26-44(41)54)57(62)40-59-63(60)48-30-12-16-39-58(48)68-59)66(43-24-5-2-6-25-43)55-37-19-35-53-61(55)47-29-11-15-34-52(47)65(53)50-32-13-9-27-45(50)46-28-10-14-33-51(46)65/h1-40H. The van der Waals surface area contributed by atoms with Gasteiger partial charge in [0, 0.05) is 49.8 Å². The minimum Gasteiger partial charge on any atom is -0.456 e. The van der Waals surface area contributed by atoms with Gasteiger partial charge in [-0.3, -0.25) is 0 Å². The van der Waals surface area contributed by atoms with Crippen LogP contribution in [0.2, 0.25) is 0 Å². The summed E-state index contributed by atoms with van der Waals surface area (Å²) < 4.78 is 9.40. The van der Waals surface area contributed by atoms with Gasteiger partial charge in [0.25, 0.3) is 0 Å². The Morgan fingerprint density at radius 3 is 1.72 bits per heavy atom. The average molecular weight is 865 g/mol. The highest BCUT2D eigenvalue weighted by Crippen LogP contribution is 2.65. The lowest BCUT2D eigenvalue weighted by molar-refractivity contribution is 0.669. The maximum Gasteiger partial charge on any atom is 0.138 e. The summed E-state index contributed by atoms with van der Waals surface area (Å²) in [5.74, 6) is 0. The van der Waals surface area contributed by atoms with Crippen molar-refractivity contribution in [2.24, 2.45) is 0 Å². The Balaban J connectivity index is 1.12. The van der Waals surface area contributed by atoms with E-state index in [1.165, 1.54) is 71.6 Å². The summed E-state index contributed by atoms with van der Waals surface area (Å²) in [6.45, 7) is 0. The second-order valence-corrected chi connectivity index (χ2v) is 18.2. The van der Waals surface area contributed by atoms with Crippen LogP contribution in [0.1, 0.15) is 22.3 Å². The van der Waals surface area contributed by atoms with E-state index in [1.54, 1.807) is 0 Å². The lowest BCUT2D eigenvalue weighted by atomic mass is 9.70. The quantitative estimate of drug-likeness (QED) is 0.172. The second-order valence-electron chi connectivity index (χ2n) is 18.2. The molecule has 2 aliphatic rings. The van der Waals surface area contributed by atoms with E-state index in [2.05, 4.69) is 252 Å². The summed E-state index contributed by atoms with van der Waals surface area (Å²) in [6, 6.07) is 89.3. The molecule has 0 unspecified atom stereocenters. The smallest absolute Gasteiger partial charge is 0.138 e. The highest BCUT2D eigenvalue weighted by atomic mass is 16.3. The zero-order valence-electron chi connectivity index (χ0n) is 36.9. The first kappa shape index (κ1) is 37.3. The van der Waals surface area contributed by atoms with Gasteiger partial charge in [0.05, 0.1) is 33.5 Å². The van der Waals surface area contributed by atoms with Gasteiger partial charge < -0.3 is 13.9 Å². The van der Waals surface area contributed by atoms with Crippen molar-refractivity contribution < 1.29 is 4.42 Å². The monoisotopic (exact) mass is 864 g/mol. The summed E-state index contributed by atoms with van der Waals surface area (Å²) in [5.41, 5.74) is 20.6. The third-order valence-electron chi connectivity index (χ3n) is 15.0. The number of anilines is 3. The molecule has 11 aromatic carbocycles. The van der Waals surface area contributed by atoms with Crippen molar-refractivity contribution in [3.63, 3.8) is 0 Å². The van der Waals surface area contributed by atoms with Gasteiger partial charge in [0.2, 0.25) is 0 Å². The number of para-hydroxylation sites is 3. The summed E-state index contributed by atoms with van der Waals surface area (Å²) in [6.07, 6.45) is 0. The predicted molar refractivity (Wildman–Crippen MR) is 282 cm³/mol. The molecular formula is C65H40N2O. The average Bonchev–Trinajstić information content (AvgIpc) is 4.13. The number of furan rings is 1. The van der Waals surface area contributed by atoms with E-state index in [0.717, 1.165) is 61.3 Å². The van der Waals surface area contributed by atoms with Gasteiger partial charge >= 0.3 is 0 Å². The van der Waals surface area contributed by atoms with Crippen LogP contribution in [0.4, 0.5) is 17.1 Å². The molecule has 1 spiro atoms. The van der Waals surface area contributed by atoms with Crippen LogP contribution in [0, 0.1) is 0 Å². The summed E-state index contributed by atoms with van der Waals surface area (Å²) in [4.78, 5) is 2.53. The van der Waals surface area contributed by atoms with E-state index in [9.17, 15) is 0 Å². The van der Waals surface area contributed by atoms with Crippen LogP contribution in [0.5, 0.6) is 0 Å². The maximum atomic E-state index is 6.87. The molecule has 13 aromatic rings. The molecule has 0 fully saturated rings. The third-order valence-corrected chi connectivity index (χ3v) is 15.0. The molecule has 316 valence electrons. The highest BCUT2D eigenvalue weighted by molar-refractivity contribution is 6.28. The van der Waals surface area contributed by atoms with Gasteiger partial charge in [0.1, 0.15) is 11.2 Å². The van der Waals surface area contributed by atoms with Crippen LogP contribution in [0.3, 0.4) is 0 Å². The zero-order chi connectivity index (χ0) is 44.5. The Bertz CT molecular complexity index is 4160. The Kier molecular flexibility index (Phi) is 7.71. The maximum absolute atomic E-state index is 6.87. The molecule has 0 saturated carbocycles. The Morgan fingerprint density at radius 2 is 0.941 bits per heavy atom. The van der Waals surface area contributed by atoms with Gasteiger partial charge in [-0.25, -0.2) is 0 Å². The van der Waals surface area contributed by atoms with Crippen LogP contribution in [-0.4, -0.2) is 4.57 Å². The van der Waals surface area contributed by atoms with Crippen molar-refractivity contribution in [3.05, 3.63) is 265 Å². The predicted octanol–water partition coefficient (Wildman–Crippen LogP) is 17.3. The summed E-state index contributed by atoms with van der Waals surface area (Å²) in [7, 11) is 0. The Morgan fingerprint density at radius 1 is 0.382 bits per heavy atom. The van der Waals surface area contributed by atoms with Gasteiger partial charge in [-0.2, -0.15) is 0 Å². The number of hydrogen-bond donors (Lipinski definition) is 0. The minimum absolute atomic E-state index is 0.483. The first-order chi connectivity index (χ1) is 33.8. The van der Waals surface area contributed by atoms with Crippen molar-refractivity contribution in [2.45, 2.75) is 5.41 Å². The zero-order valence-corrected chi connectivity index (χ0v) is 36.9. The molecule has 15 rings (SSSR count). The molecule has 2 aliphatic carbocycles. The van der Waals surface area contributed by atoms with Gasteiger partial charge in [-0.05, 0) is 86.3 Å². The molecule has 0 saturated heterocycles. The Hall–Kier alpha value is -8.92. The molecule has 3 nitrogen and oxygen atoms in total. The summed E-state index contributed by atoms with van der Waals surface area (Å²) >= 11 is 0. The van der Waals surface area contributed by atoms with Crippen LogP contribution < -0.4 is 4.90 Å². The van der Waals surface area contributed by atoms with Gasteiger partial charge in [-0.1, -0.05) is 200 Å². The van der Waals surface area contributed by atoms with Crippen molar-refractivity contribution in [2.75, 3.05) is 4.90 Å². The van der Waals surface area contributed by atoms with Crippen LogP contribution in [-0.2, 0) is 5.41 Å². The summed E-state index contributed by atoms with van der Waals surface area (Å²) in [5, 5.41) is 6.96. The van der Waals surface area contributed by atoms with Crippen molar-refractivity contribution in [1.29, 1.82) is 0 Å². The minimum atomic E-state index is -0.483. The lowest BCUT2D eigenvalue weighted by Crippen LogP contribution is -2.26. The molecule has 0 radical (unpaired) electrons. The number of nitrogens with zero attached hydrogens (tertiary/aromatic N) is 2. The molecule has 3 heteroatoms. The van der Waals surface area contributed by atoms with E-state index < -0.39 is 5.41 Å². The number of rotatable bonds is 5. The molecule has 0 bridgehead atoms. The van der Waals surface area contributed by atoms with Gasteiger partial charge in [-0.15, -0.1) is 0 Å². The molecular weight excluding hydrogens is 825 g/mol. The van der Waals surface area contributed by atoms with E-state index in [1.807, 2.05) is 0 Å². The van der Waals surface area contributed by atoms with Crippen LogP contribution >= 0.6 is 0 Å². The fourth-order valence-electron chi connectivity index (χ4n) is 12.4. The normalized spacial score (nSPS) is 13.1. The third kappa shape index (κ3) is 4.87. The number of fused-ring (bicyclic) bond motifs is 17. The van der Waals surface area contributed by atoms with Crippen molar-refractivity contribution >= 4 is 71.6 Å². The molecule has 2 heterocycles. The van der Waals surface area contributed by atoms with Crippen molar-refractivity contribution in [3.8, 4) is 39.1 Å². The number of aromatic nitrogens is 1. The molecule has 68 heavy (non-hydrogen) atoms. The first-order valence-electron chi connectivity index (χ1n) is 23.5. The fraction of sp³-hybridized carbons (Fsp3) is 0.0154. The molecule has 0 amide bonds.